The molecule has 1 aromatic heterocycles. The Morgan fingerprint density at radius 3 is 2.52 bits per heavy atom. The first kappa shape index (κ1) is 15.3. The summed E-state index contributed by atoms with van der Waals surface area (Å²) in [7, 11) is 1.83. The van der Waals surface area contributed by atoms with Crippen LogP contribution in [0.3, 0.4) is 0 Å². The zero-order valence-electron chi connectivity index (χ0n) is 12.5. The molecule has 114 valence electrons. The van der Waals surface area contributed by atoms with E-state index in [2.05, 4.69) is 10.4 Å². The summed E-state index contributed by atoms with van der Waals surface area (Å²) in [5.41, 5.74) is 1.81. The Morgan fingerprint density at radius 1 is 1.38 bits per heavy atom. The number of nitrogens with one attached hydrogen (secondary N) is 1. The topological polar surface area (TPSA) is 84.2 Å². The summed E-state index contributed by atoms with van der Waals surface area (Å²) in [6, 6.07) is -0.188. The minimum Gasteiger partial charge on any atom is -0.481 e. The minimum absolute atomic E-state index is 0.188. The van der Waals surface area contributed by atoms with E-state index in [1.807, 2.05) is 39.2 Å². The first-order chi connectivity index (χ1) is 9.90. The van der Waals surface area contributed by atoms with Gasteiger partial charge in [-0.05, 0) is 26.7 Å². The number of amides is 1. The molecule has 3 atom stereocenters. The molecule has 0 radical (unpaired) electrons. The summed E-state index contributed by atoms with van der Waals surface area (Å²) in [5, 5.41) is 16.4. The molecule has 1 aromatic rings. The first-order valence-electron chi connectivity index (χ1n) is 7.08. The molecule has 1 heterocycles. The molecule has 2 rings (SSSR count). The number of carbonyl (C=O) groups is 2. The van der Waals surface area contributed by atoms with E-state index in [1.54, 1.807) is 4.68 Å². The van der Waals surface area contributed by atoms with Crippen LogP contribution in [0.5, 0.6) is 0 Å². The number of hydrogen-bond donors (Lipinski definition) is 2. The van der Waals surface area contributed by atoms with Crippen LogP contribution < -0.4 is 5.32 Å². The molecule has 1 aliphatic rings. The van der Waals surface area contributed by atoms with Crippen molar-refractivity contribution in [3.63, 3.8) is 0 Å². The fraction of sp³-hybridized carbons (Fsp3) is 0.533. The molecular formula is C15H21N3O3. The molecule has 21 heavy (non-hydrogen) atoms. The maximum atomic E-state index is 12.4. The van der Waals surface area contributed by atoms with Crippen molar-refractivity contribution in [2.24, 2.45) is 18.9 Å². The van der Waals surface area contributed by atoms with Crippen LogP contribution in [0.25, 0.3) is 0 Å². The number of carboxylic acids is 1. The van der Waals surface area contributed by atoms with Gasteiger partial charge >= 0.3 is 5.97 Å². The third-order valence-corrected chi connectivity index (χ3v) is 3.96. The van der Waals surface area contributed by atoms with Crippen molar-refractivity contribution in [3.8, 4) is 0 Å². The molecule has 6 nitrogen and oxygen atoms in total. The van der Waals surface area contributed by atoms with Crippen LogP contribution in [0, 0.1) is 18.8 Å². The van der Waals surface area contributed by atoms with E-state index >= 15 is 0 Å². The average molecular weight is 291 g/mol. The smallest absolute Gasteiger partial charge is 0.307 e. The van der Waals surface area contributed by atoms with Gasteiger partial charge < -0.3 is 10.4 Å². The van der Waals surface area contributed by atoms with Crippen molar-refractivity contribution < 1.29 is 14.7 Å². The van der Waals surface area contributed by atoms with E-state index in [4.69, 9.17) is 0 Å². The number of aliphatic carboxylic acids is 1. The van der Waals surface area contributed by atoms with Gasteiger partial charge in [-0.15, -0.1) is 0 Å². The number of carbonyl (C=O) groups excluding carboxylic acids is 1. The van der Waals surface area contributed by atoms with Gasteiger partial charge in [0.2, 0.25) is 5.91 Å². The third kappa shape index (κ3) is 3.32. The Hall–Kier alpha value is -2.11. The molecule has 6 heteroatoms. The van der Waals surface area contributed by atoms with Crippen molar-refractivity contribution in [1.29, 1.82) is 0 Å². The standard InChI is InChI=1S/C15H21N3O3/c1-9(13-8-18(3)17-10(13)2)16-14(19)11-6-4-5-7-12(11)15(20)21/h4-5,8-9,11-12H,6-7H2,1-3H3,(H,16,19)(H,20,21)/t9-,11-,12+/m0/s1. The van der Waals surface area contributed by atoms with Gasteiger partial charge in [0.05, 0.1) is 23.6 Å². The highest BCUT2D eigenvalue weighted by atomic mass is 16.4. The minimum atomic E-state index is -0.912. The molecule has 0 saturated carbocycles. The second-order valence-electron chi connectivity index (χ2n) is 5.57. The van der Waals surface area contributed by atoms with Crippen LogP contribution >= 0.6 is 0 Å². The van der Waals surface area contributed by atoms with Gasteiger partial charge in [-0.25, -0.2) is 0 Å². The summed E-state index contributed by atoms with van der Waals surface area (Å²) in [6.07, 6.45) is 6.46. The summed E-state index contributed by atoms with van der Waals surface area (Å²) in [6.45, 7) is 3.78. The van der Waals surface area contributed by atoms with Gasteiger partial charge in [-0.1, -0.05) is 12.2 Å². The number of rotatable bonds is 4. The van der Waals surface area contributed by atoms with E-state index in [9.17, 15) is 14.7 Å². The van der Waals surface area contributed by atoms with Crippen LogP contribution in [-0.4, -0.2) is 26.8 Å². The second-order valence-corrected chi connectivity index (χ2v) is 5.57. The van der Waals surface area contributed by atoms with Crippen molar-refractivity contribution in [1.82, 2.24) is 15.1 Å². The largest absolute Gasteiger partial charge is 0.481 e. The summed E-state index contributed by atoms with van der Waals surface area (Å²) < 4.78 is 1.71. The molecular weight excluding hydrogens is 270 g/mol. The quantitative estimate of drug-likeness (QED) is 0.825. The lowest BCUT2D eigenvalue weighted by molar-refractivity contribution is -0.147. The van der Waals surface area contributed by atoms with Crippen LogP contribution in [0.2, 0.25) is 0 Å². The van der Waals surface area contributed by atoms with Gasteiger partial charge in [0, 0.05) is 18.8 Å². The molecule has 1 aliphatic carbocycles. The summed E-state index contributed by atoms with van der Waals surface area (Å²) in [5.74, 6) is -2.27. The summed E-state index contributed by atoms with van der Waals surface area (Å²) >= 11 is 0. The normalized spacial score (nSPS) is 22.8. The molecule has 0 saturated heterocycles. The lowest BCUT2D eigenvalue weighted by Gasteiger charge is -2.26. The highest BCUT2D eigenvalue weighted by molar-refractivity contribution is 5.85. The fourth-order valence-electron chi connectivity index (χ4n) is 2.82. The Kier molecular flexibility index (Phi) is 4.45. The molecule has 1 amide bonds. The van der Waals surface area contributed by atoms with Gasteiger partial charge in [-0.3, -0.25) is 14.3 Å². The molecule has 0 aliphatic heterocycles. The van der Waals surface area contributed by atoms with Crippen molar-refractivity contribution in [3.05, 3.63) is 29.6 Å². The van der Waals surface area contributed by atoms with E-state index in [-0.39, 0.29) is 11.9 Å². The van der Waals surface area contributed by atoms with E-state index in [0.717, 1.165) is 11.3 Å². The highest BCUT2D eigenvalue weighted by Gasteiger charge is 2.34. The van der Waals surface area contributed by atoms with Gasteiger partial charge in [0.25, 0.3) is 0 Å². The van der Waals surface area contributed by atoms with Crippen LogP contribution in [-0.2, 0) is 16.6 Å². The first-order valence-corrected chi connectivity index (χ1v) is 7.08. The Morgan fingerprint density at radius 2 is 2.00 bits per heavy atom. The Bertz CT molecular complexity index is 577. The molecule has 2 N–H and O–H groups in total. The van der Waals surface area contributed by atoms with Crippen LogP contribution in [0.15, 0.2) is 18.3 Å². The SMILES string of the molecule is Cc1nn(C)cc1[C@H](C)NC(=O)[C@H]1CC=CC[C@H]1C(=O)O. The molecule has 0 unspecified atom stereocenters. The number of carboxylic acid groups (broad SMARTS) is 1. The molecule has 0 fully saturated rings. The number of aromatic nitrogens is 2. The predicted octanol–water partition coefficient (Wildman–Crippen LogP) is 1.57. The fourth-order valence-corrected chi connectivity index (χ4v) is 2.82. The monoisotopic (exact) mass is 291 g/mol. The Balaban J connectivity index is 2.08. The zero-order valence-corrected chi connectivity index (χ0v) is 12.5. The number of allylic oxidation sites excluding steroid dienone is 2. The maximum Gasteiger partial charge on any atom is 0.307 e. The van der Waals surface area contributed by atoms with Gasteiger partial charge in [0.1, 0.15) is 0 Å². The lowest BCUT2D eigenvalue weighted by atomic mass is 9.82. The van der Waals surface area contributed by atoms with E-state index < -0.39 is 17.8 Å². The average Bonchev–Trinajstić information content (AvgIpc) is 2.77. The van der Waals surface area contributed by atoms with Crippen molar-refractivity contribution in [2.45, 2.75) is 32.7 Å². The molecule has 0 aromatic carbocycles. The van der Waals surface area contributed by atoms with Gasteiger partial charge in [-0.2, -0.15) is 5.10 Å². The second kappa shape index (κ2) is 6.11. The van der Waals surface area contributed by atoms with E-state index in [1.165, 1.54) is 0 Å². The number of aryl methyl sites for hydroxylation is 2. The van der Waals surface area contributed by atoms with Crippen molar-refractivity contribution in [2.75, 3.05) is 0 Å². The van der Waals surface area contributed by atoms with Crippen molar-refractivity contribution >= 4 is 11.9 Å². The molecule has 0 bridgehead atoms. The maximum absolute atomic E-state index is 12.4. The van der Waals surface area contributed by atoms with Crippen LogP contribution in [0.4, 0.5) is 0 Å². The van der Waals surface area contributed by atoms with Crippen LogP contribution in [0.1, 0.15) is 37.1 Å². The highest BCUT2D eigenvalue weighted by Crippen LogP contribution is 2.27. The molecule has 0 spiro atoms. The predicted molar refractivity (Wildman–Crippen MR) is 77.5 cm³/mol. The van der Waals surface area contributed by atoms with Gasteiger partial charge in [0.15, 0.2) is 0 Å². The third-order valence-electron chi connectivity index (χ3n) is 3.96. The Labute approximate surface area is 123 Å². The number of nitrogens with zero attached hydrogens (tertiary/aromatic N) is 2. The zero-order chi connectivity index (χ0) is 15.6. The number of hydrogen-bond acceptors (Lipinski definition) is 3. The lowest BCUT2D eigenvalue weighted by Crippen LogP contribution is -2.39. The summed E-state index contributed by atoms with van der Waals surface area (Å²) in [4.78, 5) is 23.6. The van der Waals surface area contributed by atoms with E-state index in [0.29, 0.717) is 12.8 Å².